The molecule has 0 bridgehead atoms. The van der Waals surface area contributed by atoms with Gasteiger partial charge in [-0.25, -0.2) is 9.97 Å². The van der Waals surface area contributed by atoms with Crippen LogP contribution in [0.15, 0.2) is 35.1 Å². The summed E-state index contributed by atoms with van der Waals surface area (Å²) in [6, 6.07) is 6.18. The topological polar surface area (TPSA) is 37.8 Å². The third-order valence-corrected chi connectivity index (χ3v) is 2.88. The summed E-state index contributed by atoms with van der Waals surface area (Å²) in [4.78, 5) is 8.41. The minimum absolute atomic E-state index is 0.636. The Kier molecular flexibility index (Phi) is 3.19. The molecule has 0 radical (unpaired) electrons. The van der Waals surface area contributed by atoms with Gasteiger partial charge in [-0.05, 0) is 30.2 Å². The number of rotatable bonds is 2. The van der Waals surface area contributed by atoms with Gasteiger partial charge in [-0.2, -0.15) is 0 Å². The quantitative estimate of drug-likeness (QED) is 0.916. The first-order valence-electron chi connectivity index (χ1n) is 4.97. The van der Waals surface area contributed by atoms with Crippen LogP contribution in [0.3, 0.4) is 0 Å². The molecule has 0 fully saturated rings. The molecule has 0 unspecified atom stereocenters. The van der Waals surface area contributed by atoms with E-state index in [4.69, 9.17) is 0 Å². The summed E-state index contributed by atoms with van der Waals surface area (Å²) in [5.74, 6) is 0.636. The van der Waals surface area contributed by atoms with E-state index in [9.17, 15) is 0 Å². The molecule has 0 aliphatic heterocycles. The minimum Gasteiger partial charge on any atom is -0.357 e. The smallest absolute Gasteiger partial charge is 0.222 e. The Bertz CT molecular complexity index is 494. The zero-order chi connectivity index (χ0) is 11.5. The van der Waals surface area contributed by atoms with Crippen molar-refractivity contribution in [3.05, 3.63) is 40.6 Å². The highest BCUT2D eigenvalue weighted by atomic mass is 79.9. The second-order valence-electron chi connectivity index (χ2n) is 3.50. The van der Waals surface area contributed by atoms with Crippen LogP contribution in [0.2, 0.25) is 0 Å². The summed E-state index contributed by atoms with van der Waals surface area (Å²) in [6.45, 7) is 2.08. The van der Waals surface area contributed by atoms with Crippen LogP contribution < -0.4 is 5.32 Å². The van der Waals surface area contributed by atoms with Crippen LogP contribution in [-0.2, 0) is 0 Å². The summed E-state index contributed by atoms with van der Waals surface area (Å²) in [5, 5.41) is 2.90. The van der Waals surface area contributed by atoms with Crippen LogP contribution >= 0.6 is 15.9 Å². The number of anilines is 1. The van der Waals surface area contributed by atoms with E-state index in [1.165, 1.54) is 5.56 Å². The molecular formula is C12H12BrN3. The molecule has 1 aromatic carbocycles. The molecule has 1 heterocycles. The number of nitrogens with one attached hydrogen (secondary N) is 1. The third kappa shape index (κ3) is 2.22. The number of aromatic nitrogens is 2. The fourth-order valence-corrected chi connectivity index (χ4v) is 1.86. The lowest BCUT2D eigenvalue weighted by Crippen LogP contribution is -1.95. The van der Waals surface area contributed by atoms with Crippen LogP contribution in [0.25, 0.3) is 11.1 Å². The molecular weight excluding hydrogens is 266 g/mol. The average molecular weight is 278 g/mol. The van der Waals surface area contributed by atoms with Gasteiger partial charge in [0.2, 0.25) is 5.95 Å². The summed E-state index contributed by atoms with van der Waals surface area (Å²) in [6.07, 6.45) is 3.65. The Hall–Kier alpha value is -1.42. The van der Waals surface area contributed by atoms with Crippen LogP contribution in [0, 0.1) is 6.92 Å². The monoisotopic (exact) mass is 277 g/mol. The molecule has 82 valence electrons. The lowest BCUT2D eigenvalue weighted by atomic mass is 10.0. The number of hydrogen-bond acceptors (Lipinski definition) is 3. The first-order chi connectivity index (χ1) is 7.70. The number of halogens is 1. The summed E-state index contributed by atoms with van der Waals surface area (Å²) in [5.41, 5.74) is 3.39. The zero-order valence-corrected chi connectivity index (χ0v) is 10.7. The van der Waals surface area contributed by atoms with E-state index >= 15 is 0 Å². The maximum Gasteiger partial charge on any atom is 0.222 e. The maximum absolute atomic E-state index is 4.21. The van der Waals surface area contributed by atoms with Crippen molar-refractivity contribution >= 4 is 21.9 Å². The first-order valence-corrected chi connectivity index (χ1v) is 5.76. The van der Waals surface area contributed by atoms with Crippen molar-refractivity contribution in [3.63, 3.8) is 0 Å². The molecule has 3 nitrogen and oxygen atoms in total. The third-order valence-electron chi connectivity index (χ3n) is 2.39. The molecule has 4 heteroatoms. The van der Waals surface area contributed by atoms with E-state index in [1.54, 1.807) is 7.05 Å². The van der Waals surface area contributed by atoms with E-state index in [-0.39, 0.29) is 0 Å². The van der Waals surface area contributed by atoms with Crippen molar-refractivity contribution in [2.24, 2.45) is 0 Å². The fourth-order valence-electron chi connectivity index (χ4n) is 1.50. The predicted molar refractivity (Wildman–Crippen MR) is 69.5 cm³/mol. The van der Waals surface area contributed by atoms with Crippen molar-refractivity contribution in [3.8, 4) is 11.1 Å². The van der Waals surface area contributed by atoms with Crippen LogP contribution in [-0.4, -0.2) is 17.0 Å². The van der Waals surface area contributed by atoms with Gasteiger partial charge < -0.3 is 5.32 Å². The Morgan fingerprint density at radius 1 is 1.19 bits per heavy atom. The largest absolute Gasteiger partial charge is 0.357 e. The SMILES string of the molecule is CNc1ncc(-c2cc(Br)ccc2C)cn1. The molecule has 0 amide bonds. The molecule has 0 aliphatic rings. The summed E-state index contributed by atoms with van der Waals surface area (Å²) < 4.78 is 1.06. The van der Waals surface area contributed by atoms with Crippen LogP contribution in [0.4, 0.5) is 5.95 Å². The second-order valence-corrected chi connectivity index (χ2v) is 4.42. The number of aryl methyl sites for hydroxylation is 1. The highest BCUT2D eigenvalue weighted by molar-refractivity contribution is 9.10. The van der Waals surface area contributed by atoms with Gasteiger partial charge >= 0.3 is 0 Å². The summed E-state index contributed by atoms with van der Waals surface area (Å²) >= 11 is 3.47. The Labute approximate surface area is 103 Å². The van der Waals surface area contributed by atoms with Crippen molar-refractivity contribution in [1.82, 2.24) is 9.97 Å². The zero-order valence-electron chi connectivity index (χ0n) is 9.16. The average Bonchev–Trinajstić information content (AvgIpc) is 2.32. The van der Waals surface area contributed by atoms with Gasteiger partial charge in [0.1, 0.15) is 0 Å². The molecule has 0 atom stereocenters. The van der Waals surface area contributed by atoms with Gasteiger partial charge in [-0.3, -0.25) is 0 Å². The molecule has 0 saturated carbocycles. The molecule has 1 aromatic heterocycles. The number of nitrogens with zero attached hydrogens (tertiary/aromatic N) is 2. The minimum atomic E-state index is 0.636. The fraction of sp³-hybridized carbons (Fsp3) is 0.167. The van der Waals surface area contributed by atoms with E-state index in [0.717, 1.165) is 15.6 Å². The van der Waals surface area contributed by atoms with E-state index < -0.39 is 0 Å². The van der Waals surface area contributed by atoms with E-state index in [0.29, 0.717) is 5.95 Å². The highest BCUT2D eigenvalue weighted by Gasteiger charge is 2.03. The van der Waals surface area contributed by atoms with E-state index in [1.807, 2.05) is 18.5 Å². The van der Waals surface area contributed by atoms with Crippen molar-refractivity contribution in [1.29, 1.82) is 0 Å². The van der Waals surface area contributed by atoms with Crippen molar-refractivity contribution in [2.45, 2.75) is 6.92 Å². The van der Waals surface area contributed by atoms with Crippen LogP contribution in [0.5, 0.6) is 0 Å². The first kappa shape index (κ1) is 11.1. The summed E-state index contributed by atoms with van der Waals surface area (Å²) in [7, 11) is 1.80. The van der Waals surface area contributed by atoms with Gasteiger partial charge in [-0.1, -0.05) is 22.0 Å². The Morgan fingerprint density at radius 3 is 2.50 bits per heavy atom. The Balaban J connectivity index is 2.45. The van der Waals surface area contributed by atoms with Gasteiger partial charge in [0.25, 0.3) is 0 Å². The standard InChI is InChI=1S/C12H12BrN3/c1-8-3-4-10(13)5-11(8)9-6-15-12(14-2)16-7-9/h3-7H,1-2H3,(H,14,15,16). The van der Waals surface area contributed by atoms with Crippen molar-refractivity contribution in [2.75, 3.05) is 12.4 Å². The van der Waals surface area contributed by atoms with E-state index in [2.05, 4.69) is 50.3 Å². The normalized spacial score (nSPS) is 10.2. The second kappa shape index (κ2) is 4.61. The lowest BCUT2D eigenvalue weighted by molar-refractivity contribution is 1.15. The van der Waals surface area contributed by atoms with Crippen molar-refractivity contribution < 1.29 is 0 Å². The maximum atomic E-state index is 4.21. The molecule has 2 rings (SSSR count). The highest BCUT2D eigenvalue weighted by Crippen LogP contribution is 2.25. The molecule has 0 spiro atoms. The molecule has 16 heavy (non-hydrogen) atoms. The predicted octanol–water partition coefficient (Wildman–Crippen LogP) is 3.26. The molecule has 2 aromatic rings. The Morgan fingerprint density at radius 2 is 1.88 bits per heavy atom. The number of benzene rings is 1. The molecule has 0 aliphatic carbocycles. The lowest BCUT2D eigenvalue weighted by Gasteiger charge is -2.06. The van der Waals surface area contributed by atoms with Gasteiger partial charge in [0, 0.05) is 29.5 Å². The molecule has 1 N–H and O–H groups in total. The van der Waals surface area contributed by atoms with Crippen LogP contribution in [0.1, 0.15) is 5.56 Å². The van der Waals surface area contributed by atoms with Gasteiger partial charge in [0.15, 0.2) is 0 Å². The van der Waals surface area contributed by atoms with Gasteiger partial charge in [-0.15, -0.1) is 0 Å². The molecule has 0 saturated heterocycles. The number of hydrogen-bond donors (Lipinski definition) is 1. The van der Waals surface area contributed by atoms with Gasteiger partial charge in [0.05, 0.1) is 0 Å².